The van der Waals surface area contributed by atoms with E-state index >= 15 is 0 Å². The highest BCUT2D eigenvalue weighted by molar-refractivity contribution is 5.90. The lowest BCUT2D eigenvalue weighted by molar-refractivity contribution is 0.0690. The average molecular weight is 253 g/mol. The number of amides is 2. The molecule has 0 atom stereocenters. The summed E-state index contributed by atoms with van der Waals surface area (Å²) in [7, 11) is 0. The van der Waals surface area contributed by atoms with E-state index in [1.807, 2.05) is 0 Å². The third-order valence-corrected chi connectivity index (χ3v) is 2.27. The van der Waals surface area contributed by atoms with Gasteiger partial charge in [0.15, 0.2) is 0 Å². The first-order valence-electron chi connectivity index (χ1n) is 5.44. The van der Waals surface area contributed by atoms with E-state index in [2.05, 4.69) is 10.3 Å². The van der Waals surface area contributed by atoms with Crippen LogP contribution < -0.4 is 5.32 Å². The molecule has 1 rings (SSSR count). The number of pyridine rings is 1. The van der Waals surface area contributed by atoms with Crippen molar-refractivity contribution in [1.29, 1.82) is 0 Å². The number of rotatable bonds is 5. The Morgan fingerprint density at radius 2 is 2.17 bits per heavy atom. The number of aromatic nitrogens is 1. The number of aliphatic hydroxyl groups excluding tert-OH is 1. The molecule has 0 bridgehead atoms. The molecule has 0 aliphatic carbocycles. The maximum atomic E-state index is 11.7. The van der Waals surface area contributed by atoms with E-state index in [-0.39, 0.29) is 24.9 Å². The van der Waals surface area contributed by atoms with Crippen LogP contribution >= 0.6 is 0 Å². The van der Waals surface area contributed by atoms with Gasteiger partial charge in [-0.25, -0.2) is 14.6 Å². The summed E-state index contributed by atoms with van der Waals surface area (Å²) >= 11 is 0. The van der Waals surface area contributed by atoms with Crippen molar-refractivity contribution in [3.8, 4) is 0 Å². The van der Waals surface area contributed by atoms with Crippen LogP contribution in [-0.4, -0.2) is 51.8 Å². The van der Waals surface area contributed by atoms with Gasteiger partial charge in [0.25, 0.3) is 0 Å². The summed E-state index contributed by atoms with van der Waals surface area (Å²) in [5, 5.41) is 20.0. The molecular formula is C11H15N3O4. The van der Waals surface area contributed by atoms with Gasteiger partial charge < -0.3 is 20.4 Å². The van der Waals surface area contributed by atoms with Crippen molar-refractivity contribution >= 4 is 17.7 Å². The lowest BCUT2D eigenvalue weighted by atomic mass is 10.3. The number of nitrogens with one attached hydrogen (secondary N) is 1. The third kappa shape index (κ3) is 3.70. The Kier molecular flexibility index (Phi) is 5.06. The topological polar surface area (TPSA) is 103 Å². The second kappa shape index (κ2) is 6.55. The SMILES string of the molecule is CCN(CCO)C(=O)Nc1ccc(C(=O)O)nc1. The number of aromatic carboxylic acids is 1. The standard InChI is InChI=1S/C11H15N3O4/c1-2-14(5-6-15)11(18)13-8-3-4-9(10(16)17)12-7-8/h3-4,7,15H,2,5-6H2,1H3,(H,13,18)(H,16,17). The van der Waals surface area contributed by atoms with E-state index in [1.54, 1.807) is 6.92 Å². The summed E-state index contributed by atoms with van der Waals surface area (Å²) in [6.45, 7) is 2.38. The van der Waals surface area contributed by atoms with Crippen molar-refractivity contribution in [3.05, 3.63) is 24.0 Å². The monoisotopic (exact) mass is 253 g/mol. The summed E-state index contributed by atoms with van der Waals surface area (Å²) in [4.78, 5) is 27.4. The van der Waals surface area contributed by atoms with Crippen molar-refractivity contribution in [2.24, 2.45) is 0 Å². The number of nitrogens with zero attached hydrogens (tertiary/aromatic N) is 2. The molecule has 7 nitrogen and oxygen atoms in total. The summed E-state index contributed by atoms with van der Waals surface area (Å²) in [6, 6.07) is 2.40. The number of carboxylic acids is 1. The molecule has 1 aromatic rings. The van der Waals surface area contributed by atoms with Crippen LogP contribution in [0.1, 0.15) is 17.4 Å². The van der Waals surface area contributed by atoms with Crippen LogP contribution in [-0.2, 0) is 0 Å². The fraction of sp³-hybridized carbons (Fsp3) is 0.364. The van der Waals surface area contributed by atoms with E-state index in [4.69, 9.17) is 10.2 Å². The highest BCUT2D eigenvalue weighted by atomic mass is 16.4. The van der Waals surface area contributed by atoms with Gasteiger partial charge >= 0.3 is 12.0 Å². The number of hydrogen-bond acceptors (Lipinski definition) is 4. The molecule has 18 heavy (non-hydrogen) atoms. The van der Waals surface area contributed by atoms with Crippen LogP contribution in [0.3, 0.4) is 0 Å². The molecule has 0 fully saturated rings. The van der Waals surface area contributed by atoms with Gasteiger partial charge in [0, 0.05) is 13.1 Å². The molecule has 0 saturated carbocycles. The summed E-state index contributed by atoms with van der Waals surface area (Å²) in [5.41, 5.74) is 0.317. The lowest BCUT2D eigenvalue weighted by Crippen LogP contribution is -2.36. The molecule has 1 aromatic heterocycles. The molecular weight excluding hydrogens is 238 g/mol. The van der Waals surface area contributed by atoms with E-state index < -0.39 is 5.97 Å². The summed E-state index contributed by atoms with van der Waals surface area (Å²) in [5.74, 6) is -1.12. The molecule has 7 heteroatoms. The molecule has 98 valence electrons. The van der Waals surface area contributed by atoms with Gasteiger partial charge in [-0.15, -0.1) is 0 Å². The first kappa shape index (κ1) is 13.9. The number of carbonyl (C=O) groups is 2. The highest BCUT2D eigenvalue weighted by Gasteiger charge is 2.11. The average Bonchev–Trinajstić information content (AvgIpc) is 2.36. The van der Waals surface area contributed by atoms with E-state index in [0.717, 1.165) is 0 Å². The Labute approximate surface area is 104 Å². The van der Waals surface area contributed by atoms with Gasteiger partial charge in [-0.1, -0.05) is 0 Å². The maximum Gasteiger partial charge on any atom is 0.354 e. The predicted molar refractivity (Wildman–Crippen MR) is 64.5 cm³/mol. The van der Waals surface area contributed by atoms with Gasteiger partial charge in [-0.2, -0.15) is 0 Å². The van der Waals surface area contributed by atoms with Crippen molar-refractivity contribution in [1.82, 2.24) is 9.88 Å². The van der Waals surface area contributed by atoms with Crippen LogP contribution in [0.2, 0.25) is 0 Å². The lowest BCUT2D eigenvalue weighted by Gasteiger charge is -2.19. The normalized spacial score (nSPS) is 9.89. The Balaban J connectivity index is 2.66. The Morgan fingerprint density at radius 1 is 1.44 bits per heavy atom. The molecule has 2 amide bonds. The van der Waals surface area contributed by atoms with Crippen LogP contribution in [0.25, 0.3) is 0 Å². The summed E-state index contributed by atoms with van der Waals surface area (Å²) < 4.78 is 0. The van der Waals surface area contributed by atoms with Crippen LogP contribution in [0, 0.1) is 0 Å². The molecule has 1 heterocycles. The van der Waals surface area contributed by atoms with E-state index in [1.165, 1.54) is 23.2 Å². The number of hydrogen-bond donors (Lipinski definition) is 3. The molecule has 0 aromatic carbocycles. The van der Waals surface area contributed by atoms with Gasteiger partial charge in [0.05, 0.1) is 18.5 Å². The highest BCUT2D eigenvalue weighted by Crippen LogP contribution is 2.07. The van der Waals surface area contributed by atoms with Crippen molar-refractivity contribution < 1.29 is 19.8 Å². The van der Waals surface area contributed by atoms with Gasteiger partial charge in [-0.05, 0) is 19.1 Å². The maximum absolute atomic E-state index is 11.7. The minimum Gasteiger partial charge on any atom is -0.477 e. The number of anilines is 1. The van der Waals surface area contributed by atoms with Gasteiger partial charge in [-0.3, -0.25) is 0 Å². The molecule has 0 unspecified atom stereocenters. The Bertz CT molecular complexity index is 419. The van der Waals surface area contributed by atoms with E-state index in [9.17, 15) is 9.59 Å². The zero-order valence-electron chi connectivity index (χ0n) is 9.96. The molecule has 0 radical (unpaired) electrons. The Morgan fingerprint density at radius 3 is 2.61 bits per heavy atom. The largest absolute Gasteiger partial charge is 0.477 e. The molecule has 3 N–H and O–H groups in total. The van der Waals surface area contributed by atoms with Crippen molar-refractivity contribution in [2.75, 3.05) is 25.0 Å². The number of likely N-dealkylation sites (N-methyl/N-ethyl adjacent to an activating group) is 1. The second-order valence-corrected chi connectivity index (χ2v) is 3.47. The second-order valence-electron chi connectivity index (χ2n) is 3.47. The molecule has 0 aliphatic rings. The first-order chi connectivity index (χ1) is 8.58. The Hall–Kier alpha value is -2.15. The molecule has 0 spiro atoms. The number of carboxylic acid groups (broad SMARTS) is 1. The first-order valence-corrected chi connectivity index (χ1v) is 5.44. The number of urea groups is 1. The quantitative estimate of drug-likeness (QED) is 0.714. The molecule has 0 saturated heterocycles. The minimum atomic E-state index is -1.12. The fourth-order valence-corrected chi connectivity index (χ4v) is 1.32. The van der Waals surface area contributed by atoms with Crippen LogP contribution in [0.5, 0.6) is 0 Å². The smallest absolute Gasteiger partial charge is 0.354 e. The fourth-order valence-electron chi connectivity index (χ4n) is 1.32. The zero-order chi connectivity index (χ0) is 13.5. The zero-order valence-corrected chi connectivity index (χ0v) is 9.96. The van der Waals surface area contributed by atoms with Crippen molar-refractivity contribution in [2.45, 2.75) is 6.92 Å². The summed E-state index contributed by atoms with van der Waals surface area (Å²) in [6.07, 6.45) is 1.27. The molecule has 0 aliphatic heterocycles. The van der Waals surface area contributed by atoms with E-state index in [0.29, 0.717) is 12.2 Å². The van der Waals surface area contributed by atoms with Gasteiger partial charge in [0.2, 0.25) is 0 Å². The number of aliphatic hydroxyl groups is 1. The van der Waals surface area contributed by atoms with Gasteiger partial charge in [0.1, 0.15) is 5.69 Å². The third-order valence-electron chi connectivity index (χ3n) is 2.27. The minimum absolute atomic E-state index is 0.0873. The van der Waals surface area contributed by atoms with Crippen LogP contribution in [0.4, 0.5) is 10.5 Å². The number of carbonyl (C=O) groups excluding carboxylic acids is 1. The predicted octanol–water partition coefficient (Wildman–Crippen LogP) is 0.626. The van der Waals surface area contributed by atoms with Crippen molar-refractivity contribution in [3.63, 3.8) is 0 Å². The van der Waals surface area contributed by atoms with Crippen LogP contribution in [0.15, 0.2) is 18.3 Å².